The number of rotatable bonds is 2. The van der Waals surface area contributed by atoms with Crippen molar-refractivity contribution in [1.29, 1.82) is 0 Å². The molecule has 0 spiro atoms. The van der Waals surface area contributed by atoms with Crippen LogP contribution in [0.2, 0.25) is 0 Å². The summed E-state index contributed by atoms with van der Waals surface area (Å²) in [5.74, 6) is 0.576. The zero-order valence-corrected chi connectivity index (χ0v) is 6.56. The van der Waals surface area contributed by atoms with Crippen LogP contribution in [-0.2, 0) is 27.2 Å². The van der Waals surface area contributed by atoms with Crippen LogP contribution in [0, 0.1) is 0 Å². The Hall–Kier alpha value is -0.570. The number of hydrogen-bond acceptors (Lipinski definition) is 2. The van der Waals surface area contributed by atoms with Gasteiger partial charge in [0.05, 0.1) is 0 Å². The molecule has 1 rings (SSSR count). The van der Waals surface area contributed by atoms with Crippen molar-refractivity contribution in [2.75, 3.05) is 0 Å². The molecule has 1 aromatic rings. The zero-order chi connectivity index (χ0) is 6.53. The summed E-state index contributed by atoms with van der Waals surface area (Å²) >= 11 is 0. The quantitative estimate of drug-likeness (QED) is 0.564. The molecule has 0 N–H and O–H groups in total. The third kappa shape index (κ3) is 2.82. The van der Waals surface area contributed by atoms with E-state index in [2.05, 4.69) is 4.74 Å². The minimum atomic E-state index is 0. The van der Waals surface area contributed by atoms with E-state index in [0.29, 0.717) is 12.2 Å². The largest absolute Gasteiger partial charge is 0.429 e. The Morgan fingerprint density at radius 2 is 1.80 bits per heavy atom. The molecule has 3 heteroatoms. The van der Waals surface area contributed by atoms with Crippen molar-refractivity contribution in [3.05, 3.63) is 30.3 Å². The summed E-state index contributed by atoms with van der Waals surface area (Å²) in [6.45, 7) is 0.412. The summed E-state index contributed by atoms with van der Waals surface area (Å²) in [5.41, 5.74) is 0. The number of hydrogen-bond donors (Lipinski definition) is 0. The first kappa shape index (κ1) is 9.43. The Balaban J connectivity index is 0.000000810. The Labute approximate surface area is 74.7 Å². The number of benzene rings is 1. The molecule has 0 saturated heterocycles. The van der Waals surface area contributed by atoms with E-state index in [0.717, 1.165) is 0 Å². The summed E-state index contributed by atoms with van der Waals surface area (Å²) in [6, 6.07) is 8.90. The van der Waals surface area contributed by atoms with Gasteiger partial charge in [-0.3, -0.25) is 4.79 Å². The fraction of sp³-hybridized carbons (Fsp3) is 0. The van der Waals surface area contributed by atoms with Gasteiger partial charge in [0.1, 0.15) is 5.75 Å². The van der Waals surface area contributed by atoms with E-state index >= 15 is 0 Å². The van der Waals surface area contributed by atoms with E-state index in [1.165, 1.54) is 0 Å². The smallest absolute Gasteiger partial charge is 0.298 e. The Bertz CT molecular complexity index is 186. The molecule has 0 saturated carbocycles. The first-order valence-corrected chi connectivity index (χ1v) is 2.59. The van der Waals surface area contributed by atoms with E-state index in [4.69, 9.17) is 0 Å². The summed E-state index contributed by atoms with van der Waals surface area (Å²) in [7, 11) is 0. The Morgan fingerprint density at radius 1 is 1.20 bits per heavy atom. The van der Waals surface area contributed by atoms with Gasteiger partial charge in [-0.25, -0.2) is 0 Å². The minimum Gasteiger partial charge on any atom is -0.429 e. The summed E-state index contributed by atoms with van der Waals surface area (Å²) in [6.07, 6.45) is 0. The van der Waals surface area contributed by atoms with Gasteiger partial charge in [-0.15, -0.1) is 0 Å². The topological polar surface area (TPSA) is 26.3 Å². The summed E-state index contributed by atoms with van der Waals surface area (Å²) < 4.78 is 4.53. The molecule has 0 aromatic heterocycles. The van der Waals surface area contributed by atoms with Crippen molar-refractivity contribution in [2.24, 2.45) is 0 Å². The van der Waals surface area contributed by atoms with Crippen LogP contribution in [0.25, 0.3) is 0 Å². The van der Waals surface area contributed by atoms with E-state index in [1.807, 2.05) is 6.07 Å². The molecule has 0 aliphatic rings. The van der Waals surface area contributed by atoms with Crippen molar-refractivity contribution < 1.29 is 31.9 Å². The maximum atomic E-state index is 9.75. The number of carbonyl (C=O) groups is 1. The van der Waals surface area contributed by atoms with Crippen LogP contribution >= 0.6 is 0 Å². The third-order valence-electron chi connectivity index (χ3n) is 0.927. The van der Waals surface area contributed by atoms with Gasteiger partial charge in [0.25, 0.3) is 6.47 Å². The molecule has 0 aliphatic heterocycles. The monoisotopic (exact) mass is 229 g/mol. The molecule has 10 heavy (non-hydrogen) atoms. The fourth-order valence-electron chi connectivity index (χ4n) is 0.555. The zero-order valence-electron chi connectivity index (χ0n) is 5.08. The van der Waals surface area contributed by atoms with Gasteiger partial charge in [0, 0.05) is 22.4 Å². The summed E-state index contributed by atoms with van der Waals surface area (Å²) in [5, 5.41) is 0. The molecular weight excluding hydrogens is 224 g/mol. The van der Waals surface area contributed by atoms with Crippen LogP contribution in [0.4, 0.5) is 0 Å². The van der Waals surface area contributed by atoms with Crippen LogP contribution in [0.3, 0.4) is 0 Å². The van der Waals surface area contributed by atoms with E-state index in [1.54, 1.807) is 24.3 Å². The number of carbonyl (C=O) groups excluding carboxylic acids is 1. The molecule has 0 bridgehead atoms. The van der Waals surface area contributed by atoms with Gasteiger partial charge < -0.3 is 4.74 Å². The van der Waals surface area contributed by atoms with Crippen LogP contribution in [0.1, 0.15) is 0 Å². The number of ether oxygens (including phenoxy) is 1. The van der Waals surface area contributed by atoms with Gasteiger partial charge >= 0.3 is 0 Å². The van der Waals surface area contributed by atoms with E-state index in [-0.39, 0.29) is 22.4 Å². The van der Waals surface area contributed by atoms with Crippen LogP contribution in [-0.4, -0.2) is 6.47 Å². The molecule has 0 aliphatic carbocycles. The molecule has 0 heterocycles. The molecule has 0 fully saturated rings. The van der Waals surface area contributed by atoms with Crippen LogP contribution in [0.15, 0.2) is 30.3 Å². The maximum Gasteiger partial charge on any atom is 0.298 e. The van der Waals surface area contributed by atoms with Crippen LogP contribution < -0.4 is 4.74 Å². The Morgan fingerprint density at radius 3 is 2.30 bits per heavy atom. The molecule has 0 amide bonds. The average Bonchev–Trinajstić information content (AvgIpc) is 1.91. The molecular formula is C7H6AgO2. The standard InChI is InChI=1S/C7H6O2.Ag/c8-6-9-7-4-2-1-3-5-7;/h1-6H;. The molecule has 57 valence electrons. The predicted octanol–water partition coefficient (Wildman–Crippen LogP) is 1.22. The summed E-state index contributed by atoms with van der Waals surface area (Å²) in [4.78, 5) is 9.75. The second-order valence-electron chi connectivity index (χ2n) is 1.53. The van der Waals surface area contributed by atoms with Crippen molar-refractivity contribution in [2.45, 2.75) is 0 Å². The molecule has 0 atom stereocenters. The second-order valence-corrected chi connectivity index (χ2v) is 1.53. The van der Waals surface area contributed by atoms with Crippen molar-refractivity contribution >= 4 is 6.47 Å². The van der Waals surface area contributed by atoms with Crippen molar-refractivity contribution in [3.63, 3.8) is 0 Å². The third-order valence-corrected chi connectivity index (χ3v) is 0.927. The first-order chi connectivity index (χ1) is 4.43. The molecule has 1 aromatic carbocycles. The average molecular weight is 230 g/mol. The molecule has 0 unspecified atom stereocenters. The predicted molar refractivity (Wildman–Crippen MR) is 33.1 cm³/mol. The minimum absolute atomic E-state index is 0. The van der Waals surface area contributed by atoms with Gasteiger partial charge in [0.2, 0.25) is 0 Å². The van der Waals surface area contributed by atoms with Gasteiger partial charge in [-0.1, -0.05) is 18.2 Å². The van der Waals surface area contributed by atoms with E-state index in [9.17, 15) is 4.79 Å². The normalized spacial score (nSPS) is 7.60. The van der Waals surface area contributed by atoms with Gasteiger partial charge in [-0.05, 0) is 12.1 Å². The SMILES string of the molecule is O=COc1ccccc1.[Ag]. The fourth-order valence-corrected chi connectivity index (χ4v) is 0.555. The maximum absolute atomic E-state index is 9.75. The van der Waals surface area contributed by atoms with Gasteiger partial charge in [0.15, 0.2) is 0 Å². The van der Waals surface area contributed by atoms with Crippen molar-refractivity contribution in [3.8, 4) is 5.75 Å². The van der Waals surface area contributed by atoms with Gasteiger partial charge in [-0.2, -0.15) is 0 Å². The molecule has 2 nitrogen and oxygen atoms in total. The van der Waals surface area contributed by atoms with Crippen molar-refractivity contribution in [1.82, 2.24) is 0 Å². The first-order valence-electron chi connectivity index (χ1n) is 2.59. The van der Waals surface area contributed by atoms with Crippen LogP contribution in [0.5, 0.6) is 5.75 Å². The number of para-hydroxylation sites is 1. The molecule has 1 radical (unpaired) electrons. The second kappa shape index (κ2) is 5.23. The van der Waals surface area contributed by atoms with E-state index < -0.39 is 0 Å². The Kier molecular flexibility index (Phi) is 4.94.